The summed E-state index contributed by atoms with van der Waals surface area (Å²) in [5.41, 5.74) is 4.90. The molecule has 0 spiro atoms. The number of carbonyl (C=O) groups is 1. The number of anilines is 2. The molecule has 6 heteroatoms. The lowest BCUT2D eigenvalue weighted by molar-refractivity contribution is -0.120. The van der Waals surface area contributed by atoms with E-state index in [9.17, 15) is 9.18 Å². The molecular weight excluding hydrogens is 379 g/mol. The Morgan fingerprint density at radius 2 is 1.77 bits per heavy atom. The highest BCUT2D eigenvalue weighted by atomic mass is 19.1. The number of hydrogen-bond donors (Lipinski definition) is 1. The molecule has 1 amide bonds. The Morgan fingerprint density at radius 3 is 2.47 bits per heavy atom. The average molecular weight is 404 g/mol. The molecule has 2 heterocycles. The molecule has 3 aromatic rings. The number of carbonyl (C=O) groups excluding carboxylic acids is 1. The zero-order valence-corrected chi connectivity index (χ0v) is 17.2. The number of amides is 1. The van der Waals surface area contributed by atoms with Gasteiger partial charge >= 0.3 is 0 Å². The van der Waals surface area contributed by atoms with Crippen molar-refractivity contribution in [1.82, 2.24) is 9.97 Å². The molecule has 2 aromatic carbocycles. The molecule has 1 atom stereocenters. The van der Waals surface area contributed by atoms with E-state index in [1.807, 2.05) is 25.1 Å². The molecule has 5 nitrogen and oxygen atoms in total. The fourth-order valence-corrected chi connectivity index (χ4v) is 3.71. The molecule has 1 fully saturated rings. The van der Waals surface area contributed by atoms with Crippen molar-refractivity contribution < 1.29 is 9.18 Å². The minimum absolute atomic E-state index is 0.0332. The molecule has 1 N–H and O–H groups in total. The summed E-state index contributed by atoms with van der Waals surface area (Å²) in [5.74, 6) is 0.269. The average Bonchev–Trinajstić information content (AvgIpc) is 2.77. The van der Waals surface area contributed by atoms with E-state index in [4.69, 9.17) is 0 Å². The fourth-order valence-electron chi connectivity index (χ4n) is 3.71. The second kappa shape index (κ2) is 8.61. The minimum atomic E-state index is -0.269. The number of rotatable bonds is 4. The summed E-state index contributed by atoms with van der Waals surface area (Å²) in [5, 5.41) is 3.05. The van der Waals surface area contributed by atoms with Crippen molar-refractivity contribution in [3.63, 3.8) is 0 Å². The topological polar surface area (TPSA) is 58.1 Å². The molecule has 0 aliphatic carbocycles. The van der Waals surface area contributed by atoms with Crippen LogP contribution in [0.2, 0.25) is 0 Å². The van der Waals surface area contributed by atoms with Crippen LogP contribution in [0.1, 0.15) is 24.0 Å². The first kappa shape index (κ1) is 20.0. The van der Waals surface area contributed by atoms with Gasteiger partial charge in [0.1, 0.15) is 5.82 Å². The first-order valence-corrected chi connectivity index (χ1v) is 10.2. The molecule has 4 rings (SSSR count). The third-order valence-electron chi connectivity index (χ3n) is 5.67. The van der Waals surface area contributed by atoms with Crippen LogP contribution in [0.4, 0.5) is 16.0 Å². The Morgan fingerprint density at radius 1 is 1.03 bits per heavy atom. The number of nitrogens with zero attached hydrogens (tertiary/aromatic N) is 3. The smallest absolute Gasteiger partial charge is 0.229 e. The molecule has 30 heavy (non-hydrogen) atoms. The molecule has 1 saturated heterocycles. The predicted molar refractivity (Wildman–Crippen MR) is 117 cm³/mol. The molecule has 1 aliphatic heterocycles. The highest BCUT2D eigenvalue weighted by molar-refractivity contribution is 5.93. The Kier molecular flexibility index (Phi) is 5.74. The van der Waals surface area contributed by atoms with Gasteiger partial charge in [0.05, 0.1) is 5.92 Å². The van der Waals surface area contributed by atoms with Crippen molar-refractivity contribution in [2.75, 3.05) is 23.3 Å². The van der Waals surface area contributed by atoms with Crippen molar-refractivity contribution in [3.05, 3.63) is 71.8 Å². The first-order valence-electron chi connectivity index (χ1n) is 10.2. The number of halogens is 1. The van der Waals surface area contributed by atoms with Gasteiger partial charge in [-0.3, -0.25) is 4.79 Å². The van der Waals surface area contributed by atoms with Crippen molar-refractivity contribution in [3.8, 4) is 11.1 Å². The minimum Gasteiger partial charge on any atom is -0.340 e. The Hall–Kier alpha value is -3.28. The Labute approximate surface area is 176 Å². The van der Waals surface area contributed by atoms with Gasteiger partial charge in [-0.1, -0.05) is 18.2 Å². The molecule has 0 radical (unpaired) electrons. The van der Waals surface area contributed by atoms with Crippen LogP contribution in [0.5, 0.6) is 0 Å². The predicted octanol–water partition coefficient (Wildman–Crippen LogP) is 4.75. The third-order valence-corrected chi connectivity index (χ3v) is 5.67. The summed E-state index contributed by atoms with van der Waals surface area (Å²) in [6.45, 7) is 5.51. The van der Waals surface area contributed by atoms with Gasteiger partial charge in [0, 0.05) is 36.7 Å². The maximum atomic E-state index is 13.1. The van der Waals surface area contributed by atoms with E-state index in [1.54, 1.807) is 24.5 Å². The summed E-state index contributed by atoms with van der Waals surface area (Å²) in [6.07, 6.45) is 5.25. The van der Waals surface area contributed by atoms with Crippen LogP contribution in [0.15, 0.2) is 54.9 Å². The summed E-state index contributed by atoms with van der Waals surface area (Å²) >= 11 is 0. The van der Waals surface area contributed by atoms with Crippen molar-refractivity contribution >= 4 is 17.5 Å². The summed E-state index contributed by atoms with van der Waals surface area (Å²) in [7, 11) is 0. The largest absolute Gasteiger partial charge is 0.340 e. The van der Waals surface area contributed by atoms with Gasteiger partial charge in [0.15, 0.2) is 0 Å². The highest BCUT2D eigenvalue weighted by Crippen LogP contribution is 2.24. The van der Waals surface area contributed by atoms with Crippen LogP contribution in [0, 0.1) is 25.6 Å². The quantitative estimate of drug-likeness (QED) is 0.681. The molecule has 0 saturated carbocycles. The van der Waals surface area contributed by atoms with Gasteiger partial charge in [0.2, 0.25) is 11.9 Å². The van der Waals surface area contributed by atoms with E-state index in [0.717, 1.165) is 41.8 Å². The van der Waals surface area contributed by atoms with E-state index in [-0.39, 0.29) is 17.6 Å². The van der Waals surface area contributed by atoms with E-state index in [0.29, 0.717) is 12.5 Å². The van der Waals surface area contributed by atoms with Gasteiger partial charge in [-0.2, -0.15) is 0 Å². The van der Waals surface area contributed by atoms with Gasteiger partial charge in [-0.15, -0.1) is 0 Å². The number of aromatic nitrogens is 2. The van der Waals surface area contributed by atoms with Crippen LogP contribution in [0.3, 0.4) is 0 Å². The van der Waals surface area contributed by atoms with Crippen LogP contribution in [0.25, 0.3) is 11.1 Å². The second-order valence-corrected chi connectivity index (χ2v) is 7.85. The zero-order valence-electron chi connectivity index (χ0n) is 17.2. The van der Waals surface area contributed by atoms with Crippen molar-refractivity contribution in [2.24, 2.45) is 5.92 Å². The molecule has 154 valence electrons. The number of benzene rings is 2. The van der Waals surface area contributed by atoms with E-state index < -0.39 is 0 Å². The number of nitrogens with one attached hydrogen (secondary N) is 1. The monoisotopic (exact) mass is 404 g/mol. The maximum absolute atomic E-state index is 13.1. The fraction of sp³-hybridized carbons (Fsp3) is 0.292. The van der Waals surface area contributed by atoms with Gasteiger partial charge in [-0.25, -0.2) is 14.4 Å². The Balaban J connectivity index is 1.42. The van der Waals surface area contributed by atoms with Gasteiger partial charge in [0.25, 0.3) is 0 Å². The standard InChI is InChI=1S/C24H25FN4O/c1-16-5-10-22(12-17(16)2)28-23(30)19-4-3-11-29(15-19)24-26-13-20(14-27-24)18-6-8-21(25)9-7-18/h5-10,12-14,19H,3-4,11,15H2,1-2H3,(H,28,30). The van der Waals surface area contributed by atoms with Crippen LogP contribution in [-0.2, 0) is 4.79 Å². The van der Waals surface area contributed by atoms with Crippen LogP contribution < -0.4 is 10.2 Å². The lowest BCUT2D eigenvalue weighted by atomic mass is 9.97. The van der Waals surface area contributed by atoms with E-state index in [1.165, 1.54) is 17.7 Å². The molecular formula is C24H25FN4O. The van der Waals surface area contributed by atoms with Crippen molar-refractivity contribution in [2.45, 2.75) is 26.7 Å². The highest BCUT2D eigenvalue weighted by Gasteiger charge is 2.27. The molecule has 1 aliphatic rings. The maximum Gasteiger partial charge on any atom is 0.229 e. The molecule has 1 unspecified atom stereocenters. The normalized spacial score (nSPS) is 16.4. The number of hydrogen-bond acceptors (Lipinski definition) is 4. The number of piperidine rings is 1. The zero-order chi connectivity index (χ0) is 21.1. The SMILES string of the molecule is Cc1ccc(NC(=O)C2CCCN(c3ncc(-c4ccc(F)cc4)cn3)C2)cc1C. The van der Waals surface area contributed by atoms with Crippen LogP contribution >= 0.6 is 0 Å². The van der Waals surface area contributed by atoms with Crippen LogP contribution in [-0.4, -0.2) is 29.0 Å². The van der Waals surface area contributed by atoms with E-state index in [2.05, 4.69) is 27.1 Å². The molecule has 1 aromatic heterocycles. The molecule has 0 bridgehead atoms. The lowest BCUT2D eigenvalue weighted by Crippen LogP contribution is -2.41. The summed E-state index contributed by atoms with van der Waals surface area (Å²) in [4.78, 5) is 23.8. The Bertz CT molecular complexity index is 1030. The second-order valence-electron chi connectivity index (χ2n) is 7.85. The van der Waals surface area contributed by atoms with E-state index >= 15 is 0 Å². The van der Waals surface area contributed by atoms with Gasteiger partial charge in [-0.05, 0) is 67.6 Å². The summed E-state index contributed by atoms with van der Waals surface area (Å²) < 4.78 is 13.1. The van der Waals surface area contributed by atoms with Gasteiger partial charge < -0.3 is 10.2 Å². The first-order chi connectivity index (χ1) is 14.5. The summed E-state index contributed by atoms with van der Waals surface area (Å²) in [6, 6.07) is 12.2. The third kappa shape index (κ3) is 4.48. The number of aryl methyl sites for hydroxylation is 2. The lowest BCUT2D eigenvalue weighted by Gasteiger charge is -2.32. The van der Waals surface area contributed by atoms with Crippen molar-refractivity contribution in [1.29, 1.82) is 0 Å².